The number of rotatable bonds is 12. The number of nitrogens with two attached hydrogens (primary N) is 2. The second-order valence-corrected chi connectivity index (χ2v) is 14.7. The van der Waals surface area contributed by atoms with Crippen LogP contribution in [0, 0.1) is 23.7 Å². The van der Waals surface area contributed by atoms with Crippen molar-refractivity contribution in [1.82, 2.24) is 0 Å². The number of hydrogen-bond acceptors (Lipinski definition) is 6. The van der Waals surface area contributed by atoms with Crippen molar-refractivity contribution in [3.05, 3.63) is 142 Å². The number of benzene rings is 4. The zero-order valence-corrected chi connectivity index (χ0v) is 26.9. The number of hydroxylamine groups is 2. The highest BCUT2D eigenvalue weighted by molar-refractivity contribution is 7.86. The fraction of sp³-hybridized carbons (Fsp3) is 0.235. The van der Waals surface area contributed by atoms with Crippen LogP contribution in [-0.4, -0.2) is 29.9 Å². The van der Waals surface area contributed by atoms with Crippen molar-refractivity contribution < 1.29 is 36.4 Å². The summed E-state index contributed by atoms with van der Waals surface area (Å²) in [7, 11) is -7.83. The second-order valence-electron chi connectivity index (χ2n) is 11.6. The first kappa shape index (κ1) is 31.8. The van der Waals surface area contributed by atoms with Crippen molar-refractivity contribution in [2.75, 3.05) is 13.1 Å². The number of hydrogen-bond donors (Lipinski definition) is 2. The Morgan fingerprint density at radius 3 is 1.09 bits per heavy atom. The molecule has 4 aromatic rings. The average molecular weight is 635 g/mol. The van der Waals surface area contributed by atoms with Gasteiger partial charge >= 0.3 is 20.2 Å². The predicted molar refractivity (Wildman–Crippen MR) is 167 cm³/mol. The molecule has 0 radical (unpaired) electrons. The molecule has 0 aliphatic heterocycles. The molecule has 0 heterocycles. The fourth-order valence-corrected chi connectivity index (χ4v) is 6.76. The molecular weight excluding hydrogens is 597 g/mol. The highest BCUT2D eigenvalue weighted by atomic mass is 32.2. The van der Waals surface area contributed by atoms with Gasteiger partial charge in [-0.15, -0.1) is 0 Å². The van der Waals surface area contributed by atoms with Crippen molar-refractivity contribution in [2.45, 2.75) is 37.5 Å². The lowest BCUT2D eigenvalue weighted by Gasteiger charge is -2.24. The molecule has 228 valence electrons. The smallest absolute Gasteiger partial charge is 0.189 e. The van der Waals surface area contributed by atoms with Gasteiger partial charge < -0.3 is 0 Å². The summed E-state index contributed by atoms with van der Waals surface area (Å²) in [5.41, 5.74) is 8.37. The molecule has 0 fully saturated rings. The van der Waals surface area contributed by atoms with E-state index < -0.39 is 20.2 Å². The van der Waals surface area contributed by atoms with E-state index in [1.807, 2.05) is 100 Å². The normalized spacial score (nSPS) is 13.3. The zero-order chi connectivity index (χ0) is 31.5. The van der Waals surface area contributed by atoms with Gasteiger partial charge in [-0.25, -0.2) is 0 Å². The summed E-state index contributed by atoms with van der Waals surface area (Å²) < 4.78 is 61.3. The lowest BCUT2D eigenvalue weighted by Crippen LogP contribution is -2.84. The summed E-state index contributed by atoms with van der Waals surface area (Å²) in [5, 5.41) is 0. The molecule has 4 N–H and O–H groups in total. The Bertz CT molecular complexity index is 1620. The number of quaternary nitrogens is 2. The fourth-order valence-electron chi connectivity index (χ4n) is 5.08. The van der Waals surface area contributed by atoms with E-state index >= 15 is 0 Å². The van der Waals surface area contributed by atoms with Crippen LogP contribution in [0.4, 0.5) is 0 Å². The van der Waals surface area contributed by atoms with Crippen LogP contribution < -0.4 is 11.0 Å². The van der Waals surface area contributed by atoms with Gasteiger partial charge in [0.2, 0.25) is 0 Å². The van der Waals surface area contributed by atoms with Crippen LogP contribution in [0.3, 0.4) is 0 Å². The minimum absolute atomic E-state index is 0.0901. The number of fused-ring (bicyclic) bond motifs is 2. The van der Waals surface area contributed by atoms with E-state index in [4.69, 9.17) is 8.57 Å². The molecule has 0 amide bonds. The summed E-state index contributed by atoms with van der Waals surface area (Å²) in [4.78, 5) is 0.180. The molecule has 0 atom stereocenters. The monoisotopic (exact) mass is 634 g/mol. The van der Waals surface area contributed by atoms with Gasteiger partial charge in [-0.3, -0.25) is 0 Å². The molecule has 5 rings (SSSR count). The predicted octanol–water partition coefficient (Wildman–Crippen LogP) is 3.72. The molecule has 0 bridgehead atoms. The molecule has 1 aliphatic rings. The van der Waals surface area contributed by atoms with Gasteiger partial charge in [0.25, 0.3) is 0 Å². The van der Waals surface area contributed by atoms with Gasteiger partial charge in [0.05, 0.1) is 11.1 Å². The first-order valence-electron chi connectivity index (χ1n) is 14.6. The van der Waals surface area contributed by atoms with Crippen LogP contribution in [0.5, 0.6) is 0 Å². The van der Waals surface area contributed by atoms with Gasteiger partial charge in [0.1, 0.15) is 57.0 Å². The first-order valence-corrected chi connectivity index (χ1v) is 17.4. The van der Waals surface area contributed by atoms with E-state index in [1.54, 1.807) is 24.3 Å². The van der Waals surface area contributed by atoms with Crippen molar-refractivity contribution >= 4 is 20.2 Å². The van der Waals surface area contributed by atoms with Gasteiger partial charge in [-0.2, -0.15) is 27.8 Å². The van der Waals surface area contributed by atoms with Gasteiger partial charge in [-0.05, 0) is 72.8 Å². The molecule has 0 spiro atoms. The van der Waals surface area contributed by atoms with E-state index in [-0.39, 0.29) is 21.6 Å². The second kappa shape index (κ2) is 13.2. The van der Waals surface area contributed by atoms with Crippen LogP contribution in [0.25, 0.3) is 0 Å². The van der Waals surface area contributed by atoms with Gasteiger partial charge in [0.15, 0.2) is 0 Å². The summed E-state index contributed by atoms with van der Waals surface area (Å²) in [5.74, 6) is 2.53. The summed E-state index contributed by atoms with van der Waals surface area (Å²) >= 11 is 0. The molecule has 1 aliphatic carbocycles. The third-order valence-electron chi connectivity index (χ3n) is 7.32. The zero-order valence-electron chi connectivity index (χ0n) is 25.2. The van der Waals surface area contributed by atoms with Gasteiger partial charge in [0, 0.05) is 36.1 Å². The Labute approximate surface area is 260 Å². The van der Waals surface area contributed by atoms with E-state index in [2.05, 4.69) is 0 Å². The molecule has 44 heavy (non-hydrogen) atoms. The largest absolute Gasteiger partial charge is 0.343 e. The maximum atomic E-state index is 12.8. The van der Waals surface area contributed by atoms with Crippen molar-refractivity contribution in [1.29, 1.82) is 0 Å². The molecular formula is C34H38N2O6S2+4. The topological polar surface area (TPSA) is 120 Å². The quantitative estimate of drug-likeness (QED) is 0.160. The molecule has 4 aromatic carbocycles. The van der Waals surface area contributed by atoms with E-state index in [9.17, 15) is 16.8 Å². The molecule has 0 saturated carbocycles. The molecule has 8 nitrogen and oxygen atoms in total. The SMILES string of the molecule is CC(C)C[NH2+]OS(=O)(=O)c1ccc([C+]2c3ccccc3[C+](c3ccc(S(=O)(=O)O[NH2+]CC(C)C)cc3)c3ccccc32)cc1. The molecule has 0 saturated heterocycles. The van der Waals surface area contributed by atoms with E-state index in [0.717, 1.165) is 45.2 Å². The lowest BCUT2D eigenvalue weighted by molar-refractivity contribution is -0.861. The minimum Gasteiger partial charge on any atom is -0.189 e. The lowest BCUT2D eigenvalue weighted by atomic mass is 9.68. The average Bonchev–Trinajstić information content (AvgIpc) is 2.99. The Kier molecular flexibility index (Phi) is 9.50. The van der Waals surface area contributed by atoms with Crippen molar-refractivity contribution in [2.24, 2.45) is 11.8 Å². The Morgan fingerprint density at radius 2 is 0.818 bits per heavy atom. The van der Waals surface area contributed by atoms with Crippen molar-refractivity contribution in [3.8, 4) is 0 Å². The molecule has 10 heteroatoms. The molecule has 0 aromatic heterocycles. The third-order valence-corrected chi connectivity index (χ3v) is 9.80. The van der Waals surface area contributed by atoms with E-state index in [1.165, 1.54) is 11.0 Å². The highest BCUT2D eigenvalue weighted by Gasteiger charge is 2.44. The van der Waals surface area contributed by atoms with Crippen LogP contribution in [0.2, 0.25) is 0 Å². The summed E-state index contributed by atoms with van der Waals surface area (Å²) in [6.07, 6.45) is 0. The van der Waals surface area contributed by atoms with Crippen LogP contribution >= 0.6 is 0 Å². The summed E-state index contributed by atoms with van der Waals surface area (Å²) in [6, 6.07) is 29.6. The Morgan fingerprint density at radius 1 is 0.523 bits per heavy atom. The minimum atomic E-state index is -3.92. The Hall–Kier alpha value is -3.64. The first-order chi connectivity index (χ1) is 21.0. The van der Waals surface area contributed by atoms with Crippen LogP contribution in [0.15, 0.2) is 107 Å². The highest BCUT2D eigenvalue weighted by Crippen LogP contribution is 2.47. The standard InChI is InChI=1S/C34H36N2O6S2/c1-23(2)21-35-41-43(37,38)27-17-13-25(14-18-27)33-29-9-5-7-11-31(29)34(32-12-8-6-10-30(32)33)26-15-19-28(20-16-26)44(39,40)42-36-22-24(3)4/h5-20,23-24,35-36H,21-22H2,1-4H3/q+2/p+2. The van der Waals surface area contributed by atoms with E-state index in [0.29, 0.717) is 13.1 Å². The molecule has 0 unspecified atom stereocenters. The summed E-state index contributed by atoms with van der Waals surface area (Å²) in [6.45, 7) is 9.03. The van der Waals surface area contributed by atoms with Crippen LogP contribution in [0.1, 0.15) is 61.1 Å². The Balaban J connectivity index is 1.48. The van der Waals surface area contributed by atoms with Gasteiger partial charge in [-0.1, -0.05) is 36.3 Å². The maximum absolute atomic E-state index is 12.8. The maximum Gasteiger partial charge on any atom is 0.343 e. The third kappa shape index (κ3) is 6.86. The van der Waals surface area contributed by atoms with Crippen molar-refractivity contribution in [3.63, 3.8) is 0 Å². The van der Waals surface area contributed by atoms with Crippen LogP contribution in [-0.2, 0) is 28.8 Å².